The first-order valence-corrected chi connectivity index (χ1v) is 6.92. The van der Waals surface area contributed by atoms with Crippen molar-refractivity contribution in [2.45, 2.75) is 39.2 Å². The first-order chi connectivity index (χ1) is 9.26. The molecule has 0 amide bonds. The summed E-state index contributed by atoms with van der Waals surface area (Å²) < 4.78 is 1.85. The Bertz CT molecular complexity index is 613. The molecule has 1 aromatic heterocycles. The number of nitrogens with zero attached hydrogens (tertiary/aromatic N) is 2. The molecular weight excluding hydrogens is 236 g/mol. The van der Waals surface area contributed by atoms with E-state index in [1.807, 2.05) is 23.9 Å². The van der Waals surface area contributed by atoms with Crippen molar-refractivity contribution in [3.8, 4) is 0 Å². The molecule has 19 heavy (non-hydrogen) atoms. The van der Waals surface area contributed by atoms with Gasteiger partial charge in [-0.1, -0.05) is 12.1 Å². The summed E-state index contributed by atoms with van der Waals surface area (Å²) in [6, 6.07) is 6.16. The van der Waals surface area contributed by atoms with E-state index in [1.165, 1.54) is 17.5 Å². The summed E-state index contributed by atoms with van der Waals surface area (Å²) in [6.07, 6.45) is 7.67. The Morgan fingerprint density at radius 2 is 2.16 bits per heavy atom. The molecule has 1 heterocycles. The molecule has 0 spiro atoms. The molecule has 0 fully saturated rings. The van der Waals surface area contributed by atoms with E-state index in [4.69, 9.17) is 0 Å². The summed E-state index contributed by atoms with van der Waals surface area (Å²) in [5.41, 5.74) is 4.60. The lowest BCUT2D eigenvalue weighted by atomic mass is 10.0. The number of rotatable bonds is 4. The van der Waals surface area contributed by atoms with Crippen LogP contribution in [0.25, 0.3) is 0 Å². The van der Waals surface area contributed by atoms with E-state index in [-0.39, 0.29) is 5.78 Å². The fourth-order valence-corrected chi connectivity index (χ4v) is 2.70. The summed E-state index contributed by atoms with van der Waals surface area (Å²) >= 11 is 0. The van der Waals surface area contributed by atoms with Gasteiger partial charge in [-0.25, -0.2) is 0 Å². The molecule has 0 bridgehead atoms. The summed E-state index contributed by atoms with van der Waals surface area (Å²) in [5.74, 6) is 0.186. The molecule has 3 nitrogen and oxygen atoms in total. The smallest absolute Gasteiger partial charge is 0.167 e. The molecule has 0 atom stereocenters. The molecule has 2 aromatic rings. The van der Waals surface area contributed by atoms with E-state index in [9.17, 15) is 4.79 Å². The highest BCUT2D eigenvalue weighted by atomic mass is 16.1. The van der Waals surface area contributed by atoms with Crippen molar-refractivity contribution < 1.29 is 4.79 Å². The summed E-state index contributed by atoms with van der Waals surface area (Å²) in [6.45, 7) is 2.88. The normalized spacial score (nSPS) is 13.5. The van der Waals surface area contributed by atoms with E-state index in [2.05, 4.69) is 17.2 Å². The number of carbonyl (C=O) groups excluding carboxylic acids is 1. The van der Waals surface area contributed by atoms with Crippen LogP contribution in [-0.4, -0.2) is 15.6 Å². The number of benzene rings is 1. The van der Waals surface area contributed by atoms with Crippen molar-refractivity contribution in [2.75, 3.05) is 0 Å². The molecule has 3 heteroatoms. The zero-order valence-corrected chi connectivity index (χ0v) is 11.2. The van der Waals surface area contributed by atoms with Gasteiger partial charge in [0.1, 0.15) is 0 Å². The molecule has 0 saturated carbocycles. The largest absolute Gasteiger partial charge is 0.294 e. The molecule has 1 aromatic carbocycles. The standard InChI is InChI=1S/C16H18N2O/c1-2-18-11-12(10-17-18)8-16(19)15-7-6-13-4-3-5-14(13)9-15/h6-7,9-11H,2-5,8H2,1H3. The van der Waals surface area contributed by atoms with Crippen LogP contribution >= 0.6 is 0 Å². The van der Waals surface area contributed by atoms with Crippen molar-refractivity contribution in [3.05, 3.63) is 52.8 Å². The summed E-state index contributed by atoms with van der Waals surface area (Å²) in [7, 11) is 0. The predicted molar refractivity (Wildman–Crippen MR) is 74.4 cm³/mol. The van der Waals surface area contributed by atoms with Crippen molar-refractivity contribution >= 4 is 5.78 Å². The number of hydrogen-bond donors (Lipinski definition) is 0. The SMILES string of the molecule is CCn1cc(CC(=O)c2ccc3c(c2)CCC3)cn1. The molecule has 0 aliphatic heterocycles. The molecule has 3 rings (SSSR count). The van der Waals surface area contributed by atoms with Crippen molar-refractivity contribution in [1.82, 2.24) is 9.78 Å². The van der Waals surface area contributed by atoms with Gasteiger partial charge < -0.3 is 0 Å². The monoisotopic (exact) mass is 254 g/mol. The zero-order chi connectivity index (χ0) is 13.2. The number of aryl methyl sites for hydroxylation is 3. The lowest BCUT2D eigenvalue weighted by molar-refractivity contribution is 0.0993. The maximum absolute atomic E-state index is 12.3. The third kappa shape index (κ3) is 2.46. The first-order valence-electron chi connectivity index (χ1n) is 6.92. The van der Waals surface area contributed by atoms with E-state index in [0.717, 1.165) is 30.5 Å². The topological polar surface area (TPSA) is 34.9 Å². The van der Waals surface area contributed by atoms with Gasteiger partial charge in [0.15, 0.2) is 5.78 Å². The van der Waals surface area contributed by atoms with E-state index >= 15 is 0 Å². The molecule has 1 aliphatic carbocycles. The van der Waals surface area contributed by atoms with Crippen molar-refractivity contribution in [3.63, 3.8) is 0 Å². The van der Waals surface area contributed by atoms with E-state index in [1.54, 1.807) is 6.20 Å². The number of carbonyl (C=O) groups is 1. The fourth-order valence-electron chi connectivity index (χ4n) is 2.70. The molecule has 98 valence electrons. The minimum absolute atomic E-state index is 0.186. The van der Waals surface area contributed by atoms with E-state index in [0.29, 0.717) is 6.42 Å². The molecule has 1 aliphatic rings. The highest BCUT2D eigenvalue weighted by Gasteiger charge is 2.14. The van der Waals surface area contributed by atoms with Crippen molar-refractivity contribution in [2.24, 2.45) is 0 Å². The minimum atomic E-state index is 0.186. The Hall–Kier alpha value is -1.90. The van der Waals surface area contributed by atoms with Crippen LogP contribution in [-0.2, 0) is 25.8 Å². The molecular formula is C16H18N2O. The lowest BCUT2D eigenvalue weighted by Crippen LogP contribution is -2.04. The Morgan fingerprint density at radius 3 is 2.95 bits per heavy atom. The van der Waals surface area contributed by atoms with E-state index < -0.39 is 0 Å². The van der Waals surface area contributed by atoms with Gasteiger partial charge in [0, 0.05) is 24.7 Å². The van der Waals surface area contributed by atoms with Gasteiger partial charge in [-0.3, -0.25) is 9.48 Å². The van der Waals surface area contributed by atoms with Gasteiger partial charge in [-0.2, -0.15) is 5.10 Å². The number of hydrogen-bond acceptors (Lipinski definition) is 2. The Morgan fingerprint density at radius 1 is 1.32 bits per heavy atom. The van der Waals surface area contributed by atoms with Crippen LogP contribution in [0, 0.1) is 0 Å². The number of fused-ring (bicyclic) bond motifs is 1. The second kappa shape index (κ2) is 5.00. The van der Waals surface area contributed by atoms with Crippen LogP contribution < -0.4 is 0 Å². The van der Waals surface area contributed by atoms with Gasteiger partial charge in [0.05, 0.1) is 6.20 Å². The Labute approximate surface area is 113 Å². The predicted octanol–water partition coefficient (Wildman–Crippen LogP) is 2.82. The quantitative estimate of drug-likeness (QED) is 0.786. The Balaban J connectivity index is 1.76. The van der Waals surface area contributed by atoms with Gasteiger partial charge in [-0.15, -0.1) is 0 Å². The van der Waals surface area contributed by atoms with Gasteiger partial charge in [-0.05, 0) is 48.9 Å². The maximum Gasteiger partial charge on any atom is 0.167 e. The van der Waals surface area contributed by atoms with Gasteiger partial charge in [0.2, 0.25) is 0 Å². The highest BCUT2D eigenvalue weighted by molar-refractivity contribution is 5.97. The van der Waals surface area contributed by atoms with Crippen molar-refractivity contribution in [1.29, 1.82) is 0 Å². The zero-order valence-electron chi connectivity index (χ0n) is 11.2. The van der Waals surface area contributed by atoms with Crippen LogP contribution in [0.4, 0.5) is 0 Å². The number of Topliss-reactive ketones (excluding diaryl/α,β-unsaturated/α-hetero) is 1. The third-order valence-corrected chi connectivity index (χ3v) is 3.80. The first kappa shape index (κ1) is 12.2. The highest BCUT2D eigenvalue weighted by Crippen LogP contribution is 2.23. The van der Waals surface area contributed by atoms with Crippen LogP contribution in [0.5, 0.6) is 0 Å². The third-order valence-electron chi connectivity index (χ3n) is 3.80. The van der Waals surface area contributed by atoms with Gasteiger partial charge >= 0.3 is 0 Å². The van der Waals surface area contributed by atoms with Gasteiger partial charge in [0.25, 0.3) is 0 Å². The number of aromatic nitrogens is 2. The molecule has 0 unspecified atom stereocenters. The van der Waals surface area contributed by atoms with Crippen LogP contribution in [0.1, 0.15) is 40.4 Å². The average Bonchev–Trinajstić information content (AvgIpc) is 3.05. The lowest BCUT2D eigenvalue weighted by Gasteiger charge is -2.03. The minimum Gasteiger partial charge on any atom is -0.294 e. The second-order valence-corrected chi connectivity index (χ2v) is 5.14. The molecule has 0 N–H and O–H groups in total. The maximum atomic E-state index is 12.3. The van der Waals surface area contributed by atoms with Crippen LogP contribution in [0.3, 0.4) is 0 Å². The Kier molecular flexibility index (Phi) is 3.20. The molecule has 0 radical (unpaired) electrons. The summed E-state index contributed by atoms with van der Waals surface area (Å²) in [4.78, 5) is 12.3. The summed E-state index contributed by atoms with van der Waals surface area (Å²) in [5, 5.41) is 4.20. The number of ketones is 1. The second-order valence-electron chi connectivity index (χ2n) is 5.14. The van der Waals surface area contributed by atoms with Crippen LogP contribution in [0.2, 0.25) is 0 Å². The molecule has 0 saturated heterocycles. The fraction of sp³-hybridized carbons (Fsp3) is 0.375. The average molecular weight is 254 g/mol. The van der Waals surface area contributed by atoms with Crippen LogP contribution in [0.15, 0.2) is 30.6 Å².